The first-order valence-electron chi connectivity index (χ1n) is 36.9. The molecule has 0 unspecified atom stereocenters. The van der Waals surface area contributed by atoms with Crippen LogP contribution in [0.15, 0.2) is 370 Å². The number of nitrogens with zero attached hydrogens (tertiary/aromatic N) is 5. The van der Waals surface area contributed by atoms with E-state index >= 15 is 0 Å². The summed E-state index contributed by atoms with van der Waals surface area (Å²) in [4.78, 5) is 5.40. The van der Waals surface area contributed by atoms with Gasteiger partial charge in [0.25, 0.3) is 6.71 Å². The quantitative estimate of drug-likeness (QED) is 0.127. The van der Waals surface area contributed by atoms with Crippen molar-refractivity contribution in [1.29, 1.82) is 0 Å². The molecule has 0 fully saturated rings. The summed E-state index contributed by atoms with van der Waals surface area (Å²) in [5.74, 6) is 0. The molecule has 0 atom stereocenters. The molecular formula is C100H70BN5. The number of hydrogen-bond donors (Lipinski definition) is 0. The molecule has 0 radical (unpaired) electrons. The average molecular weight is 1350 g/mol. The molecule has 5 heterocycles. The van der Waals surface area contributed by atoms with E-state index in [1.54, 1.807) is 0 Å². The van der Waals surface area contributed by atoms with E-state index < -0.39 is 0 Å². The maximum atomic E-state index is 2.70. The molecular weight excluding hydrogens is 1280 g/mol. The third-order valence-corrected chi connectivity index (χ3v) is 22.5. The van der Waals surface area contributed by atoms with Crippen molar-refractivity contribution in [1.82, 2.24) is 13.7 Å². The second kappa shape index (κ2) is 24.1. The molecule has 19 aromatic rings. The Morgan fingerprint density at radius 1 is 0.226 bits per heavy atom. The maximum Gasteiger partial charge on any atom is 0.252 e. The Morgan fingerprint density at radius 3 is 1.00 bits per heavy atom. The van der Waals surface area contributed by atoms with E-state index in [2.05, 4.69) is 414 Å². The molecule has 3 aromatic heterocycles. The zero-order valence-corrected chi connectivity index (χ0v) is 59.0. The molecule has 2 aliphatic rings. The highest BCUT2D eigenvalue weighted by Gasteiger charge is 2.46. The third-order valence-electron chi connectivity index (χ3n) is 22.5. The Bertz CT molecular complexity index is 6520. The van der Waals surface area contributed by atoms with Crippen LogP contribution in [0.5, 0.6) is 0 Å². The van der Waals surface area contributed by atoms with Crippen LogP contribution in [0.3, 0.4) is 0 Å². The van der Waals surface area contributed by atoms with Crippen LogP contribution in [0.25, 0.3) is 138 Å². The van der Waals surface area contributed by atoms with E-state index in [1.807, 2.05) is 0 Å². The number of aromatic nitrogens is 3. The Kier molecular flexibility index (Phi) is 13.9. The molecule has 0 amide bonds. The molecule has 5 nitrogen and oxygen atoms in total. The number of hydrogen-bond acceptors (Lipinski definition) is 2. The van der Waals surface area contributed by atoms with Crippen LogP contribution in [0.2, 0.25) is 0 Å². The summed E-state index contributed by atoms with van der Waals surface area (Å²) < 4.78 is 7.51. The van der Waals surface area contributed by atoms with Gasteiger partial charge in [-0.25, -0.2) is 0 Å². The van der Waals surface area contributed by atoms with Gasteiger partial charge >= 0.3 is 0 Å². The largest absolute Gasteiger partial charge is 0.310 e. The molecule has 21 rings (SSSR count). The summed E-state index contributed by atoms with van der Waals surface area (Å²) in [5.41, 5.74) is 32.9. The lowest BCUT2D eigenvalue weighted by Crippen LogP contribution is -2.61. The van der Waals surface area contributed by atoms with Gasteiger partial charge in [-0.05, 0) is 152 Å². The molecule has 0 saturated carbocycles. The molecule has 6 heteroatoms. The lowest BCUT2D eigenvalue weighted by atomic mass is 9.33. The average Bonchev–Trinajstić information content (AvgIpc) is 0.796. The van der Waals surface area contributed by atoms with Gasteiger partial charge in [0, 0.05) is 88.7 Å². The minimum absolute atomic E-state index is 0.201. The van der Waals surface area contributed by atoms with Crippen LogP contribution in [0, 0.1) is 0 Å². The van der Waals surface area contributed by atoms with E-state index in [4.69, 9.17) is 0 Å². The molecule has 106 heavy (non-hydrogen) atoms. The second-order valence-corrected chi connectivity index (χ2v) is 29.5. The van der Waals surface area contributed by atoms with Crippen LogP contribution in [-0.4, -0.2) is 20.4 Å². The van der Waals surface area contributed by atoms with Crippen LogP contribution in [0.4, 0.5) is 34.1 Å². The molecule has 0 N–H and O–H groups in total. The highest BCUT2D eigenvalue weighted by atomic mass is 15.2. The topological polar surface area (TPSA) is 21.3 Å². The molecule has 16 aromatic carbocycles. The fourth-order valence-corrected chi connectivity index (χ4v) is 17.8. The SMILES string of the molecule is CC(C)(C)c1cc(-c2ccccc2)c(N2c3cc(-c4ccccc4)ccc3B3c4ccc(-n5c6ccccc6c6cc(-n7c8ccccc8c8ccccc87)ccc65)cc4N(c4c(-c5ccccc5)cccc4-c4ccccc4)c4cc(-n5c6ccccc6c6ccccc65)cc2c43)c(-c2ccccc2)c1. The monoisotopic (exact) mass is 1350 g/mol. The molecule has 2 aliphatic heterocycles. The zero-order chi connectivity index (χ0) is 70.3. The highest BCUT2D eigenvalue weighted by molar-refractivity contribution is 7.00. The summed E-state index contributed by atoms with van der Waals surface area (Å²) >= 11 is 0. The van der Waals surface area contributed by atoms with Crippen LogP contribution >= 0.6 is 0 Å². The van der Waals surface area contributed by atoms with Gasteiger partial charge in [0.2, 0.25) is 0 Å². The Balaban J connectivity index is 0.926. The van der Waals surface area contributed by atoms with Crippen LogP contribution < -0.4 is 26.2 Å². The molecule has 0 bridgehead atoms. The first-order chi connectivity index (χ1) is 52.3. The number of fused-ring (bicyclic) bond motifs is 13. The van der Waals surface area contributed by atoms with Gasteiger partial charge in [0.15, 0.2) is 0 Å². The first kappa shape index (κ1) is 61.3. The molecule has 498 valence electrons. The van der Waals surface area contributed by atoms with Gasteiger partial charge in [0.1, 0.15) is 0 Å². The third kappa shape index (κ3) is 9.50. The minimum Gasteiger partial charge on any atom is -0.310 e. The van der Waals surface area contributed by atoms with Gasteiger partial charge in [-0.3, -0.25) is 0 Å². The van der Waals surface area contributed by atoms with Gasteiger partial charge in [-0.15, -0.1) is 0 Å². The smallest absolute Gasteiger partial charge is 0.252 e. The first-order valence-corrected chi connectivity index (χ1v) is 36.9. The predicted octanol–water partition coefficient (Wildman–Crippen LogP) is 24.7. The minimum atomic E-state index is -0.265. The van der Waals surface area contributed by atoms with Gasteiger partial charge < -0.3 is 23.5 Å². The Hall–Kier alpha value is -13.4. The van der Waals surface area contributed by atoms with Crippen molar-refractivity contribution < 1.29 is 0 Å². The van der Waals surface area contributed by atoms with E-state index in [-0.39, 0.29) is 12.1 Å². The summed E-state index contributed by atoms with van der Waals surface area (Å²) in [7, 11) is 0. The fourth-order valence-electron chi connectivity index (χ4n) is 17.8. The summed E-state index contributed by atoms with van der Waals surface area (Å²) in [6.45, 7) is 6.79. The zero-order valence-electron chi connectivity index (χ0n) is 59.0. The number of anilines is 6. The van der Waals surface area contributed by atoms with E-state index in [0.29, 0.717) is 0 Å². The standard InChI is InChI=1S/C100H70BN5/c1-100(2,3)71-59-82(68-36-15-7-16-37-68)99(83(60-71)69-38-17-8-18-39-69)105-93-58-70(65-30-9-4-10-31-65)52-55-85(93)101-86-56-53-73(103-91-51-28-23-44-81(91)84-61-72(54-57-92(84)103)102-87-47-24-19-40-77(87)78-41-20-25-48-88(78)102)62-94(86)106(98-75(66-32-11-5-12-33-66)45-29-46-76(98)67-34-13-6-14-35-67)96-64-74(63-95(105)97(96)101)104-89-49-26-21-42-79(89)80-43-22-27-50-90(80)104/h4-64H,1-3H3. The van der Waals surface area contributed by atoms with E-state index in [0.717, 1.165) is 129 Å². The van der Waals surface area contributed by atoms with Crippen molar-refractivity contribution in [2.45, 2.75) is 26.2 Å². The van der Waals surface area contributed by atoms with Crippen molar-refractivity contribution in [2.24, 2.45) is 0 Å². The van der Waals surface area contributed by atoms with Crippen molar-refractivity contribution in [2.75, 3.05) is 9.80 Å². The number of benzene rings is 16. The van der Waals surface area contributed by atoms with Crippen LogP contribution in [0.1, 0.15) is 26.3 Å². The highest BCUT2D eigenvalue weighted by Crippen LogP contribution is 2.55. The summed E-state index contributed by atoms with van der Waals surface area (Å²) in [6.07, 6.45) is 0. The van der Waals surface area contributed by atoms with Crippen molar-refractivity contribution in [3.05, 3.63) is 376 Å². The number of rotatable bonds is 10. The maximum absolute atomic E-state index is 2.70. The second-order valence-electron chi connectivity index (χ2n) is 29.5. The summed E-state index contributed by atoms with van der Waals surface area (Å²) in [5, 5.41) is 7.27. The molecule has 0 spiro atoms. The lowest BCUT2D eigenvalue weighted by molar-refractivity contribution is 0.591. The van der Waals surface area contributed by atoms with E-state index in [9.17, 15) is 0 Å². The number of para-hydroxylation sites is 6. The Morgan fingerprint density at radius 2 is 0.557 bits per heavy atom. The Labute approximate surface area is 616 Å². The van der Waals surface area contributed by atoms with Crippen LogP contribution in [-0.2, 0) is 5.41 Å². The molecule has 0 saturated heterocycles. The van der Waals surface area contributed by atoms with Gasteiger partial charge in [-0.1, -0.05) is 300 Å². The normalized spacial score (nSPS) is 12.6. The molecule has 0 aliphatic carbocycles. The van der Waals surface area contributed by atoms with Gasteiger partial charge in [-0.2, -0.15) is 0 Å². The van der Waals surface area contributed by atoms with Gasteiger partial charge in [0.05, 0.1) is 50.2 Å². The van der Waals surface area contributed by atoms with E-state index in [1.165, 1.54) is 65.3 Å². The van der Waals surface area contributed by atoms with Crippen molar-refractivity contribution in [3.8, 4) is 72.7 Å². The van der Waals surface area contributed by atoms with Crippen molar-refractivity contribution >= 4 is 123 Å². The summed E-state index contributed by atoms with van der Waals surface area (Å²) in [6, 6.07) is 139. The fraction of sp³-hybridized carbons (Fsp3) is 0.0400. The lowest BCUT2D eigenvalue weighted by Gasteiger charge is -2.46. The predicted molar refractivity (Wildman–Crippen MR) is 449 cm³/mol. The van der Waals surface area contributed by atoms with Crippen molar-refractivity contribution in [3.63, 3.8) is 0 Å².